The van der Waals surface area contributed by atoms with E-state index in [2.05, 4.69) is 15.3 Å². The minimum atomic E-state index is -0.933. The number of carbonyl (C=O) groups excluding carboxylic acids is 2. The predicted octanol–water partition coefficient (Wildman–Crippen LogP) is 2.79. The van der Waals surface area contributed by atoms with E-state index in [1.807, 2.05) is 12.1 Å². The highest BCUT2D eigenvalue weighted by Crippen LogP contribution is 2.20. The number of hydrogen-bond donors (Lipinski definition) is 1. The van der Waals surface area contributed by atoms with E-state index < -0.39 is 18.0 Å². The van der Waals surface area contributed by atoms with Crippen molar-refractivity contribution in [1.82, 2.24) is 9.97 Å². The lowest BCUT2D eigenvalue weighted by molar-refractivity contribution is -0.150. The highest BCUT2D eigenvalue weighted by atomic mass is 35.5. The van der Waals surface area contributed by atoms with Gasteiger partial charge in [0.25, 0.3) is 5.91 Å². The number of aromatic nitrogens is 2. The number of carbonyl (C=O) groups is 2. The van der Waals surface area contributed by atoms with Crippen molar-refractivity contribution in [3.05, 3.63) is 47.7 Å². The fourth-order valence-electron chi connectivity index (χ4n) is 1.53. The van der Waals surface area contributed by atoms with Gasteiger partial charge in [-0.2, -0.15) is 0 Å². The number of ether oxygens (including phenoxy) is 1. The number of rotatable bonds is 6. The number of anilines is 1. The van der Waals surface area contributed by atoms with Crippen LogP contribution in [0.25, 0.3) is 0 Å². The summed E-state index contributed by atoms with van der Waals surface area (Å²) >= 11 is 7.09. The van der Waals surface area contributed by atoms with Crippen LogP contribution in [-0.4, -0.2) is 33.7 Å². The molecule has 1 amide bonds. The molecule has 23 heavy (non-hydrogen) atoms. The molecule has 1 aromatic heterocycles. The van der Waals surface area contributed by atoms with Crippen LogP contribution in [0.3, 0.4) is 0 Å². The Bertz CT molecular complexity index is 667. The van der Waals surface area contributed by atoms with Crippen LogP contribution in [0.4, 0.5) is 5.95 Å². The SMILES string of the molecule is CC(OC(=O)CSc1ccc(Cl)cc1)C(=O)Nc1ncccn1. The molecular weight excluding hydrogens is 338 g/mol. The molecule has 0 saturated carbocycles. The average molecular weight is 352 g/mol. The summed E-state index contributed by atoms with van der Waals surface area (Å²) in [5, 5.41) is 3.10. The van der Waals surface area contributed by atoms with Crippen molar-refractivity contribution in [3.63, 3.8) is 0 Å². The molecule has 120 valence electrons. The molecule has 1 atom stereocenters. The van der Waals surface area contributed by atoms with Gasteiger partial charge in [-0.15, -0.1) is 11.8 Å². The van der Waals surface area contributed by atoms with Crippen LogP contribution in [0.1, 0.15) is 6.92 Å². The highest BCUT2D eigenvalue weighted by Gasteiger charge is 2.18. The van der Waals surface area contributed by atoms with Crippen molar-refractivity contribution in [3.8, 4) is 0 Å². The maximum Gasteiger partial charge on any atom is 0.317 e. The second kappa shape index (κ2) is 8.50. The Morgan fingerprint density at radius 3 is 2.57 bits per heavy atom. The molecule has 0 spiro atoms. The fraction of sp³-hybridized carbons (Fsp3) is 0.200. The molecule has 1 heterocycles. The van der Waals surface area contributed by atoms with Crippen LogP contribution in [0.15, 0.2) is 47.6 Å². The maximum atomic E-state index is 11.9. The standard InChI is InChI=1S/C15H14ClN3O3S/c1-10(14(21)19-15-17-7-2-8-18-15)22-13(20)9-23-12-5-3-11(16)4-6-12/h2-8,10H,9H2,1H3,(H,17,18,19,21). The third-order valence-electron chi connectivity index (χ3n) is 2.65. The minimum Gasteiger partial charge on any atom is -0.452 e. The first kappa shape index (κ1) is 17.2. The number of nitrogens with zero attached hydrogens (tertiary/aromatic N) is 2. The van der Waals surface area contributed by atoms with Gasteiger partial charge >= 0.3 is 5.97 Å². The van der Waals surface area contributed by atoms with Crippen LogP contribution in [-0.2, 0) is 14.3 Å². The van der Waals surface area contributed by atoms with Gasteiger partial charge < -0.3 is 4.74 Å². The van der Waals surface area contributed by atoms with Gasteiger partial charge in [0.05, 0.1) is 5.75 Å². The molecule has 6 nitrogen and oxygen atoms in total. The monoisotopic (exact) mass is 351 g/mol. The van der Waals surface area contributed by atoms with Gasteiger partial charge in [0.15, 0.2) is 6.10 Å². The Balaban J connectivity index is 1.77. The molecule has 0 aliphatic carbocycles. The summed E-state index contributed by atoms with van der Waals surface area (Å²) in [7, 11) is 0. The van der Waals surface area contributed by atoms with Crippen molar-refractivity contribution in [2.45, 2.75) is 17.9 Å². The third kappa shape index (κ3) is 5.88. The smallest absolute Gasteiger partial charge is 0.317 e. The van der Waals surface area contributed by atoms with Crippen LogP contribution in [0.5, 0.6) is 0 Å². The molecule has 2 aromatic rings. The van der Waals surface area contributed by atoms with E-state index in [1.54, 1.807) is 18.2 Å². The van der Waals surface area contributed by atoms with E-state index in [0.717, 1.165) is 4.90 Å². The number of amides is 1. The number of benzene rings is 1. The summed E-state index contributed by atoms with van der Waals surface area (Å²) in [6, 6.07) is 8.73. The zero-order valence-electron chi connectivity index (χ0n) is 12.2. The first-order chi connectivity index (χ1) is 11.0. The van der Waals surface area contributed by atoms with Gasteiger partial charge in [-0.3, -0.25) is 14.9 Å². The Labute approximate surface area is 142 Å². The van der Waals surface area contributed by atoms with Gasteiger partial charge in [0.1, 0.15) is 0 Å². The molecule has 2 rings (SSSR count). The molecule has 1 aromatic carbocycles. The first-order valence-electron chi connectivity index (χ1n) is 6.70. The van der Waals surface area contributed by atoms with E-state index in [-0.39, 0.29) is 11.7 Å². The number of thioether (sulfide) groups is 1. The first-order valence-corrected chi connectivity index (χ1v) is 8.06. The quantitative estimate of drug-likeness (QED) is 0.636. The Hall–Kier alpha value is -2.12. The summed E-state index contributed by atoms with van der Waals surface area (Å²) in [4.78, 5) is 32.3. The lowest BCUT2D eigenvalue weighted by Crippen LogP contribution is -2.31. The van der Waals surface area contributed by atoms with Gasteiger partial charge in [-0.1, -0.05) is 11.6 Å². The van der Waals surface area contributed by atoms with Crippen LogP contribution >= 0.6 is 23.4 Å². The summed E-state index contributed by atoms with van der Waals surface area (Å²) < 4.78 is 5.08. The zero-order chi connectivity index (χ0) is 16.7. The van der Waals surface area contributed by atoms with Crippen molar-refractivity contribution in [2.24, 2.45) is 0 Å². The fourth-order valence-corrected chi connectivity index (χ4v) is 2.34. The molecular formula is C15H14ClN3O3S. The topological polar surface area (TPSA) is 81.2 Å². The number of halogens is 1. The molecule has 0 bridgehead atoms. The number of esters is 1. The van der Waals surface area contributed by atoms with Crippen LogP contribution in [0, 0.1) is 0 Å². The van der Waals surface area contributed by atoms with Crippen LogP contribution < -0.4 is 5.32 Å². The summed E-state index contributed by atoms with van der Waals surface area (Å²) in [6.45, 7) is 1.49. The van der Waals surface area contributed by atoms with E-state index in [4.69, 9.17) is 16.3 Å². The molecule has 0 aliphatic rings. The van der Waals surface area contributed by atoms with Crippen molar-refractivity contribution in [1.29, 1.82) is 0 Å². The predicted molar refractivity (Wildman–Crippen MR) is 88.4 cm³/mol. The van der Waals surface area contributed by atoms with Crippen molar-refractivity contribution >= 4 is 41.2 Å². The average Bonchev–Trinajstić information content (AvgIpc) is 2.55. The van der Waals surface area contributed by atoms with E-state index in [0.29, 0.717) is 5.02 Å². The summed E-state index contributed by atoms with van der Waals surface area (Å²) in [5.41, 5.74) is 0. The second-order valence-corrected chi connectivity index (χ2v) is 5.92. The maximum absolute atomic E-state index is 11.9. The third-order valence-corrected chi connectivity index (χ3v) is 3.89. The number of nitrogens with one attached hydrogen (secondary N) is 1. The van der Waals surface area contributed by atoms with Crippen molar-refractivity contribution in [2.75, 3.05) is 11.1 Å². The normalized spacial score (nSPS) is 11.6. The van der Waals surface area contributed by atoms with Gasteiger partial charge in [-0.25, -0.2) is 9.97 Å². The van der Waals surface area contributed by atoms with Crippen molar-refractivity contribution < 1.29 is 14.3 Å². The lowest BCUT2D eigenvalue weighted by Gasteiger charge is -2.12. The Morgan fingerprint density at radius 1 is 1.26 bits per heavy atom. The molecule has 0 radical (unpaired) electrons. The summed E-state index contributed by atoms with van der Waals surface area (Å²) in [5.74, 6) is -0.709. The molecule has 0 aliphatic heterocycles. The van der Waals surface area contributed by atoms with Gasteiger partial charge in [0, 0.05) is 22.3 Å². The van der Waals surface area contributed by atoms with Crippen LogP contribution in [0.2, 0.25) is 5.02 Å². The minimum absolute atomic E-state index is 0.0983. The number of hydrogen-bond acceptors (Lipinski definition) is 6. The lowest BCUT2D eigenvalue weighted by atomic mass is 10.4. The largest absolute Gasteiger partial charge is 0.452 e. The van der Waals surface area contributed by atoms with Gasteiger partial charge in [0.2, 0.25) is 5.95 Å². The van der Waals surface area contributed by atoms with E-state index >= 15 is 0 Å². The highest BCUT2D eigenvalue weighted by molar-refractivity contribution is 8.00. The molecule has 1 unspecified atom stereocenters. The molecule has 8 heteroatoms. The summed E-state index contributed by atoms with van der Waals surface area (Å²) in [6.07, 6.45) is 2.07. The Kier molecular flexibility index (Phi) is 6.37. The van der Waals surface area contributed by atoms with Gasteiger partial charge in [-0.05, 0) is 37.3 Å². The zero-order valence-corrected chi connectivity index (χ0v) is 13.8. The molecule has 0 fully saturated rings. The molecule has 0 saturated heterocycles. The van der Waals surface area contributed by atoms with E-state index in [9.17, 15) is 9.59 Å². The van der Waals surface area contributed by atoms with E-state index in [1.165, 1.54) is 31.1 Å². The second-order valence-electron chi connectivity index (χ2n) is 4.44. The Morgan fingerprint density at radius 2 is 1.91 bits per heavy atom. The molecule has 1 N–H and O–H groups in total.